The normalized spacial score (nSPS) is 12.0. The van der Waals surface area contributed by atoms with Crippen LogP contribution in [0.25, 0.3) is 0 Å². The van der Waals surface area contributed by atoms with E-state index in [-0.39, 0.29) is 5.78 Å². The number of ketones is 1. The van der Waals surface area contributed by atoms with E-state index in [1.165, 1.54) is 0 Å². The molecule has 1 unspecified atom stereocenters. The van der Waals surface area contributed by atoms with Gasteiger partial charge in [-0.2, -0.15) is 0 Å². The second-order valence-electron chi connectivity index (χ2n) is 5.69. The van der Waals surface area contributed by atoms with Gasteiger partial charge in [0.05, 0.1) is 5.92 Å². The molecular weight excluding hydrogens is 276 g/mol. The van der Waals surface area contributed by atoms with Crippen molar-refractivity contribution in [2.45, 2.75) is 33.6 Å². The molecule has 1 atom stereocenters. The van der Waals surface area contributed by atoms with Gasteiger partial charge in [0.25, 0.3) is 0 Å². The molecule has 0 fully saturated rings. The number of benzene rings is 2. The Morgan fingerprint density at radius 2 is 1.68 bits per heavy atom. The maximum atomic E-state index is 12.7. The third-order valence-corrected chi connectivity index (χ3v) is 4.32. The minimum atomic E-state index is -0.896. The van der Waals surface area contributed by atoms with Crippen LogP contribution in [0.5, 0.6) is 0 Å². The van der Waals surface area contributed by atoms with Crippen LogP contribution in [0.1, 0.15) is 51.0 Å². The zero-order valence-corrected chi connectivity index (χ0v) is 13.3. The van der Waals surface area contributed by atoms with E-state index < -0.39 is 11.9 Å². The van der Waals surface area contributed by atoms with Crippen LogP contribution >= 0.6 is 0 Å². The molecule has 0 amide bonds. The highest BCUT2D eigenvalue weighted by atomic mass is 16.4. The van der Waals surface area contributed by atoms with Crippen LogP contribution < -0.4 is 0 Å². The van der Waals surface area contributed by atoms with Crippen molar-refractivity contribution in [1.82, 2.24) is 0 Å². The molecule has 0 heterocycles. The van der Waals surface area contributed by atoms with Gasteiger partial charge in [-0.1, -0.05) is 30.3 Å². The van der Waals surface area contributed by atoms with Crippen LogP contribution in [0.4, 0.5) is 0 Å². The molecule has 0 aliphatic carbocycles. The van der Waals surface area contributed by atoms with Crippen molar-refractivity contribution in [1.29, 1.82) is 0 Å². The number of carboxylic acid groups (broad SMARTS) is 1. The Kier molecular flexibility index (Phi) is 4.45. The van der Waals surface area contributed by atoms with E-state index in [0.717, 1.165) is 16.7 Å². The van der Waals surface area contributed by atoms with Gasteiger partial charge in [0.2, 0.25) is 0 Å². The number of carbonyl (C=O) groups excluding carboxylic acids is 1. The van der Waals surface area contributed by atoms with Crippen molar-refractivity contribution in [3.05, 3.63) is 69.8 Å². The molecule has 0 aliphatic heterocycles. The van der Waals surface area contributed by atoms with E-state index in [2.05, 4.69) is 0 Å². The fourth-order valence-electron chi connectivity index (χ4n) is 2.45. The molecule has 0 saturated carbocycles. The third kappa shape index (κ3) is 2.93. The predicted octanol–water partition coefficient (Wildman–Crippen LogP) is 4.03. The molecule has 22 heavy (non-hydrogen) atoms. The fourth-order valence-corrected chi connectivity index (χ4v) is 2.45. The lowest BCUT2D eigenvalue weighted by atomic mass is 9.91. The average Bonchev–Trinajstić information content (AvgIpc) is 2.51. The van der Waals surface area contributed by atoms with Gasteiger partial charge < -0.3 is 5.11 Å². The summed E-state index contributed by atoms with van der Waals surface area (Å²) in [6.45, 7) is 7.59. The predicted molar refractivity (Wildman–Crippen MR) is 86.6 cm³/mol. The average molecular weight is 296 g/mol. The molecule has 2 aromatic rings. The molecule has 2 rings (SSSR count). The van der Waals surface area contributed by atoms with Gasteiger partial charge in [0.1, 0.15) is 0 Å². The van der Waals surface area contributed by atoms with Crippen LogP contribution in [-0.2, 0) is 4.79 Å². The van der Waals surface area contributed by atoms with Crippen LogP contribution in [-0.4, -0.2) is 16.9 Å². The van der Waals surface area contributed by atoms with E-state index in [0.29, 0.717) is 16.7 Å². The number of rotatable bonds is 4. The monoisotopic (exact) mass is 296 g/mol. The number of hydrogen-bond donors (Lipinski definition) is 1. The summed E-state index contributed by atoms with van der Waals surface area (Å²) in [7, 11) is 0. The van der Waals surface area contributed by atoms with E-state index in [1.807, 2.05) is 32.9 Å². The van der Waals surface area contributed by atoms with Gasteiger partial charge in [-0.05, 0) is 56.0 Å². The molecule has 0 aromatic heterocycles. The molecule has 2 aromatic carbocycles. The van der Waals surface area contributed by atoms with Crippen molar-refractivity contribution in [3.63, 3.8) is 0 Å². The Morgan fingerprint density at radius 3 is 2.32 bits per heavy atom. The van der Waals surface area contributed by atoms with E-state index in [4.69, 9.17) is 5.11 Å². The van der Waals surface area contributed by atoms with E-state index >= 15 is 0 Å². The lowest BCUT2D eigenvalue weighted by Gasteiger charge is -2.12. The van der Waals surface area contributed by atoms with Crippen LogP contribution in [0, 0.1) is 20.8 Å². The Labute approximate surface area is 130 Å². The molecule has 0 saturated heterocycles. The van der Waals surface area contributed by atoms with Crippen molar-refractivity contribution >= 4 is 11.8 Å². The van der Waals surface area contributed by atoms with Crippen LogP contribution in [0.15, 0.2) is 36.4 Å². The molecule has 0 aliphatic rings. The Balaban J connectivity index is 2.45. The van der Waals surface area contributed by atoms with Crippen LogP contribution in [0.2, 0.25) is 0 Å². The van der Waals surface area contributed by atoms with Gasteiger partial charge in [-0.3, -0.25) is 9.59 Å². The number of carbonyl (C=O) groups is 2. The quantitative estimate of drug-likeness (QED) is 0.867. The van der Waals surface area contributed by atoms with Crippen molar-refractivity contribution in [2.24, 2.45) is 0 Å². The number of hydrogen-bond acceptors (Lipinski definition) is 2. The van der Waals surface area contributed by atoms with Crippen molar-refractivity contribution < 1.29 is 14.7 Å². The first-order valence-corrected chi connectivity index (χ1v) is 7.27. The molecule has 3 nitrogen and oxygen atoms in total. The second kappa shape index (κ2) is 6.14. The fraction of sp³-hybridized carbons (Fsp3) is 0.263. The first-order valence-electron chi connectivity index (χ1n) is 7.27. The lowest BCUT2D eigenvalue weighted by molar-refractivity contribution is -0.138. The molecule has 114 valence electrons. The smallest absolute Gasteiger partial charge is 0.310 e. The second-order valence-corrected chi connectivity index (χ2v) is 5.69. The minimum absolute atomic E-state index is 0.0694. The standard InChI is InChI=1S/C19H20O3/c1-11-8-9-17(13(3)12(11)2)18(20)16-7-5-6-15(10-16)14(4)19(21)22/h5-10,14H,1-4H3,(H,21,22). The van der Waals surface area contributed by atoms with Crippen molar-refractivity contribution in [3.8, 4) is 0 Å². The Morgan fingerprint density at radius 1 is 1.00 bits per heavy atom. The van der Waals surface area contributed by atoms with Gasteiger partial charge in [-0.25, -0.2) is 0 Å². The number of carboxylic acids is 1. The molecule has 0 spiro atoms. The van der Waals surface area contributed by atoms with E-state index in [9.17, 15) is 9.59 Å². The van der Waals surface area contributed by atoms with Gasteiger partial charge in [0, 0.05) is 11.1 Å². The summed E-state index contributed by atoms with van der Waals surface area (Å²) in [6, 6.07) is 10.7. The molecule has 0 bridgehead atoms. The molecule has 3 heteroatoms. The molecular formula is C19H20O3. The maximum Gasteiger partial charge on any atom is 0.310 e. The van der Waals surface area contributed by atoms with Crippen LogP contribution in [0.3, 0.4) is 0 Å². The highest BCUT2D eigenvalue weighted by molar-refractivity contribution is 6.10. The summed E-state index contributed by atoms with van der Waals surface area (Å²) in [6.07, 6.45) is 0. The van der Waals surface area contributed by atoms with Crippen molar-refractivity contribution in [2.75, 3.05) is 0 Å². The summed E-state index contributed by atoms with van der Waals surface area (Å²) >= 11 is 0. The highest BCUT2D eigenvalue weighted by Gasteiger charge is 2.18. The first kappa shape index (κ1) is 16.0. The number of aliphatic carboxylic acids is 1. The largest absolute Gasteiger partial charge is 0.481 e. The highest BCUT2D eigenvalue weighted by Crippen LogP contribution is 2.22. The zero-order valence-electron chi connectivity index (χ0n) is 13.3. The van der Waals surface area contributed by atoms with Gasteiger partial charge >= 0.3 is 5.97 Å². The maximum absolute atomic E-state index is 12.7. The topological polar surface area (TPSA) is 54.4 Å². The Hall–Kier alpha value is -2.42. The number of aryl methyl sites for hydroxylation is 1. The SMILES string of the molecule is Cc1ccc(C(=O)c2cccc(C(C)C(=O)O)c2)c(C)c1C. The van der Waals surface area contributed by atoms with Gasteiger partial charge in [-0.15, -0.1) is 0 Å². The summed E-state index contributed by atoms with van der Waals surface area (Å²) < 4.78 is 0. The van der Waals surface area contributed by atoms with E-state index in [1.54, 1.807) is 31.2 Å². The zero-order chi connectivity index (χ0) is 16.4. The molecule has 1 N–H and O–H groups in total. The summed E-state index contributed by atoms with van der Waals surface area (Å²) in [5.41, 5.74) is 5.07. The lowest BCUT2D eigenvalue weighted by Crippen LogP contribution is -2.10. The third-order valence-electron chi connectivity index (χ3n) is 4.32. The van der Waals surface area contributed by atoms with Gasteiger partial charge in [0.15, 0.2) is 5.78 Å². The summed E-state index contributed by atoms with van der Waals surface area (Å²) in [5, 5.41) is 9.11. The Bertz CT molecular complexity index is 744. The first-order chi connectivity index (χ1) is 10.3. The minimum Gasteiger partial charge on any atom is -0.481 e. The summed E-state index contributed by atoms with van der Waals surface area (Å²) in [4.78, 5) is 23.8. The summed E-state index contributed by atoms with van der Waals surface area (Å²) in [5.74, 6) is -1.60. The molecule has 0 radical (unpaired) electrons.